The Balaban J connectivity index is 1.47. The summed E-state index contributed by atoms with van der Waals surface area (Å²) in [5, 5.41) is 0. The highest BCUT2D eigenvalue weighted by Gasteiger charge is 2.32. The van der Waals surface area contributed by atoms with Crippen LogP contribution >= 0.6 is 0 Å². The number of hydrogen-bond acceptors (Lipinski definition) is 3. The third-order valence-electron chi connectivity index (χ3n) is 4.97. The van der Waals surface area contributed by atoms with Crippen LogP contribution < -0.4 is 0 Å². The molecule has 4 nitrogen and oxygen atoms in total. The number of likely N-dealkylation sites (N-methyl/N-ethyl adjacent to an activating group) is 1. The van der Waals surface area contributed by atoms with Gasteiger partial charge in [0.25, 0.3) is 0 Å². The van der Waals surface area contributed by atoms with Crippen LogP contribution in [0.25, 0.3) is 0 Å². The molecule has 2 heterocycles. The lowest BCUT2D eigenvalue weighted by Crippen LogP contribution is -2.53. The van der Waals surface area contributed by atoms with Crippen LogP contribution in [0, 0.1) is 0 Å². The molecule has 0 radical (unpaired) electrons. The van der Waals surface area contributed by atoms with Gasteiger partial charge in [0.15, 0.2) is 0 Å². The van der Waals surface area contributed by atoms with Crippen molar-refractivity contribution in [2.75, 3.05) is 46.3 Å². The lowest BCUT2D eigenvalue weighted by Gasteiger charge is -2.37. The van der Waals surface area contributed by atoms with Crippen LogP contribution in [0.4, 0.5) is 0 Å². The van der Waals surface area contributed by atoms with Crippen molar-refractivity contribution in [3.63, 3.8) is 0 Å². The van der Waals surface area contributed by atoms with E-state index in [9.17, 15) is 4.79 Å². The molecule has 0 spiro atoms. The predicted molar refractivity (Wildman–Crippen MR) is 85.1 cm³/mol. The molecule has 4 heteroatoms. The van der Waals surface area contributed by atoms with E-state index in [1.807, 2.05) is 0 Å². The average Bonchev–Trinajstić information content (AvgIpc) is 2.94. The highest BCUT2D eigenvalue weighted by molar-refractivity contribution is 5.82. The predicted octanol–water partition coefficient (Wildman–Crippen LogP) is 1.50. The summed E-state index contributed by atoms with van der Waals surface area (Å²) in [4.78, 5) is 19.3. The van der Waals surface area contributed by atoms with E-state index in [1.165, 1.54) is 18.4 Å². The highest BCUT2D eigenvalue weighted by atomic mass is 16.2. The van der Waals surface area contributed by atoms with Gasteiger partial charge < -0.3 is 4.90 Å². The standard InChI is InChI=1S/C17H27N3O/c1-18-9-5-8-16(18)17(21)20-12-10-19(11-13-20)14-15-6-3-2-4-7-15/h3,6-7,16H,2,4-5,8-14H2,1H3/t16-/m1/s1. The van der Waals surface area contributed by atoms with E-state index in [4.69, 9.17) is 0 Å². The largest absolute Gasteiger partial charge is 0.339 e. The van der Waals surface area contributed by atoms with Crippen LogP contribution in [0.5, 0.6) is 0 Å². The van der Waals surface area contributed by atoms with Gasteiger partial charge in [-0.25, -0.2) is 0 Å². The van der Waals surface area contributed by atoms with E-state index < -0.39 is 0 Å². The molecule has 1 atom stereocenters. The lowest BCUT2D eigenvalue weighted by atomic mass is 10.1. The Bertz CT molecular complexity index is 435. The molecule has 3 aliphatic rings. The van der Waals surface area contributed by atoms with Crippen molar-refractivity contribution in [3.8, 4) is 0 Å². The Hall–Kier alpha value is -1.13. The third kappa shape index (κ3) is 3.55. The molecule has 0 aromatic rings. The normalized spacial score (nSPS) is 28.0. The first-order valence-corrected chi connectivity index (χ1v) is 8.31. The Morgan fingerprint density at radius 3 is 2.62 bits per heavy atom. The fourth-order valence-electron chi connectivity index (χ4n) is 3.60. The minimum absolute atomic E-state index is 0.139. The van der Waals surface area contributed by atoms with E-state index in [0.29, 0.717) is 5.91 Å². The zero-order valence-corrected chi connectivity index (χ0v) is 13.1. The Morgan fingerprint density at radius 1 is 1.19 bits per heavy atom. The summed E-state index contributed by atoms with van der Waals surface area (Å²) in [6.07, 6.45) is 11.4. The first kappa shape index (κ1) is 14.8. The fourth-order valence-corrected chi connectivity index (χ4v) is 3.60. The Morgan fingerprint density at radius 2 is 2.00 bits per heavy atom. The van der Waals surface area contributed by atoms with Gasteiger partial charge in [0.1, 0.15) is 0 Å². The SMILES string of the molecule is CN1CCC[C@@H]1C(=O)N1CCN(CC2=CCCC=C2)CC1. The molecule has 2 saturated heterocycles. The molecule has 116 valence electrons. The summed E-state index contributed by atoms with van der Waals surface area (Å²) in [5.41, 5.74) is 1.44. The molecule has 0 aromatic heterocycles. The van der Waals surface area contributed by atoms with Crippen LogP contribution in [0.2, 0.25) is 0 Å². The molecule has 0 bridgehead atoms. The molecule has 2 aliphatic heterocycles. The van der Waals surface area contributed by atoms with E-state index >= 15 is 0 Å². The number of allylic oxidation sites excluding steroid dienone is 2. The van der Waals surface area contributed by atoms with E-state index in [0.717, 1.165) is 52.1 Å². The molecule has 0 saturated carbocycles. The molecular formula is C17H27N3O. The van der Waals surface area contributed by atoms with Crippen LogP contribution in [0.3, 0.4) is 0 Å². The van der Waals surface area contributed by atoms with E-state index in [1.54, 1.807) is 0 Å². The van der Waals surface area contributed by atoms with Gasteiger partial charge in [-0.05, 0) is 44.8 Å². The number of amides is 1. The second-order valence-corrected chi connectivity index (χ2v) is 6.50. The highest BCUT2D eigenvalue weighted by Crippen LogP contribution is 2.18. The lowest BCUT2D eigenvalue weighted by molar-refractivity contribution is -0.137. The topological polar surface area (TPSA) is 26.8 Å². The maximum absolute atomic E-state index is 12.6. The van der Waals surface area contributed by atoms with Crippen molar-refractivity contribution >= 4 is 5.91 Å². The van der Waals surface area contributed by atoms with Crippen molar-refractivity contribution in [3.05, 3.63) is 23.8 Å². The number of nitrogens with zero attached hydrogens (tertiary/aromatic N) is 3. The summed E-state index contributed by atoms with van der Waals surface area (Å²) >= 11 is 0. The Kier molecular flexibility index (Phi) is 4.76. The van der Waals surface area contributed by atoms with Crippen molar-refractivity contribution in [2.24, 2.45) is 0 Å². The molecular weight excluding hydrogens is 262 g/mol. The molecule has 0 aromatic carbocycles. The summed E-state index contributed by atoms with van der Waals surface area (Å²) in [5.74, 6) is 0.353. The maximum atomic E-state index is 12.6. The fraction of sp³-hybridized carbons (Fsp3) is 0.706. The Labute approximate surface area is 128 Å². The number of carbonyl (C=O) groups excluding carboxylic acids is 1. The smallest absolute Gasteiger partial charge is 0.240 e. The van der Waals surface area contributed by atoms with Crippen molar-refractivity contribution in [1.82, 2.24) is 14.7 Å². The summed E-state index contributed by atoms with van der Waals surface area (Å²) < 4.78 is 0. The van der Waals surface area contributed by atoms with Gasteiger partial charge in [-0.1, -0.05) is 18.2 Å². The number of likely N-dealkylation sites (tertiary alicyclic amines) is 1. The zero-order valence-electron chi connectivity index (χ0n) is 13.1. The summed E-state index contributed by atoms with van der Waals surface area (Å²) in [6, 6.07) is 0.139. The van der Waals surface area contributed by atoms with Crippen molar-refractivity contribution in [1.29, 1.82) is 0 Å². The van der Waals surface area contributed by atoms with Crippen LogP contribution in [0.15, 0.2) is 23.8 Å². The zero-order chi connectivity index (χ0) is 14.7. The van der Waals surface area contributed by atoms with Crippen LogP contribution in [-0.2, 0) is 4.79 Å². The molecule has 2 fully saturated rings. The summed E-state index contributed by atoms with van der Waals surface area (Å²) in [7, 11) is 2.08. The monoisotopic (exact) mass is 289 g/mol. The minimum atomic E-state index is 0.139. The molecule has 21 heavy (non-hydrogen) atoms. The van der Waals surface area contributed by atoms with Gasteiger partial charge in [0.05, 0.1) is 6.04 Å². The molecule has 1 aliphatic carbocycles. The van der Waals surface area contributed by atoms with Gasteiger partial charge in [-0.15, -0.1) is 0 Å². The second kappa shape index (κ2) is 6.75. The van der Waals surface area contributed by atoms with Crippen molar-refractivity contribution < 1.29 is 4.79 Å². The molecule has 1 amide bonds. The number of hydrogen-bond donors (Lipinski definition) is 0. The first-order chi connectivity index (χ1) is 10.2. The van der Waals surface area contributed by atoms with Gasteiger partial charge in [-0.3, -0.25) is 14.6 Å². The molecule has 0 unspecified atom stereocenters. The first-order valence-electron chi connectivity index (χ1n) is 8.31. The van der Waals surface area contributed by atoms with Gasteiger partial charge in [0, 0.05) is 32.7 Å². The molecule has 3 rings (SSSR count). The third-order valence-corrected chi connectivity index (χ3v) is 4.97. The number of piperazine rings is 1. The van der Waals surface area contributed by atoms with Gasteiger partial charge >= 0.3 is 0 Å². The summed E-state index contributed by atoms with van der Waals surface area (Å²) in [6.45, 7) is 5.90. The number of carbonyl (C=O) groups is 1. The van der Waals surface area contributed by atoms with E-state index in [2.05, 4.69) is 40.0 Å². The average molecular weight is 289 g/mol. The second-order valence-electron chi connectivity index (χ2n) is 6.50. The van der Waals surface area contributed by atoms with Gasteiger partial charge in [-0.2, -0.15) is 0 Å². The van der Waals surface area contributed by atoms with Crippen molar-refractivity contribution in [2.45, 2.75) is 31.7 Å². The number of rotatable bonds is 3. The quantitative estimate of drug-likeness (QED) is 0.788. The molecule has 0 N–H and O–H groups in total. The van der Waals surface area contributed by atoms with E-state index in [-0.39, 0.29) is 6.04 Å². The maximum Gasteiger partial charge on any atom is 0.240 e. The van der Waals surface area contributed by atoms with Crippen LogP contribution in [-0.4, -0.2) is 73.0 Å². The van der Waals surface area contributed by atoms with Gasteiger partial charge in [0.2, 0.25) is 5.91 Å². The van der Waals surface area contributed by atoms with Crippen LogP contribution in [0.1, 0.15) is 25.7 Å². The minimum Gasteiger partial charge on any atom is -0.339 e.